The van der Waals surface area contributed by atoms with Crippen LogP contribution in [0.3, 0.4) is 0 Å². The van der Waals surface area contributed by atoms with E-state index in [1.807, 2.05) is 38.1 Å². The van der Waals surface area contributed by atoms with Crippen LogP contribution in [0.2, 0.25) is 0 Å². The Kier molecular flexibility index (Phi) is 4.74. The first-order valence-electron chi connectivity index (χ1n) is 6.72. The van der Waals surface area contributed by atoms with Crippen molar-refractivity contribution in [1.82, 2.24) is 0 Å². The van der Waals surface area contributed by atoms with Gasteiger partial charge in [-0.2, -0.15) is 0 Å². The zero-order valence-corrected chi connectivity index (χ0v) is 14.7. The molecule has 3 nitrogen and oxygen atoms in total. The standard InChI is InChI=1S/C16H18BrNO2S/c1-4-13-7-5-6-12(3)16(13)18-21(19,20)15-10-14(17)9-8-11(15)2/h5-10,18H,4H2,1-3H3. The number of aryl methyl sites for hydroxylation is 3. The minimum atomic E-state index is -3.60. The second-order valence-electron chi connectivity index (χ2n) is 4.98. The smallest absolute Gasteiger partial charge is 0.262 e. The zero-order chi connectivity index (χ0) is 15.6. The maximum absolute atomic E-state index is 12.7. The molecule has 0 aliphatic rings. The van der Waals surface area contributed by atoms with Gasteiger partial charge in [0, 0.05) is 4.47 Å². The number of hydrogen-bond donors (Lipinski definition) is 1. The molecule has 1 N–H and O–H groups in total. The lowest BCUT2D eigenvalue weighted by Crippen LogP contribution is -2.16. The maximum Gasteiger partial charge on any atom is 0.262 e. The van der Waals surface area contributed by atoms with Crippen LogP contribution in [0.5, 0.6) is 0 Å². The van der Waals surface area contributed by atoms with Gasteiger partial charge < -0.3 is 0 Å². The minimum Gasteiger partial charge on any atom is -0.279 e. The molecule has 0 aliphatic heterocycles. The van der Waals surface area contributed by atoms with Gasteiger partial charge in [0.2, 0.25) is 0 Å². The van der Waals surface area contributed by atoms with Gasteiger partial charge in [0.1, 0.15) is 0 Å². The van der Waals surface area contributed by atoms with E-state index in [-0.39, 0.29) is 0 Å². The first-order chi connectivity index (χ1) is 9.85. The first-order valence-corrected chi connectivity index (χ1v) is 9.00. The van der Waals surface area contributed by atoms with Crippen molar-refractivity contribution < 1.29 is 8.42 Å². The van der Waals surface area contributed by atoms with E-state index < -0.39 is 10.0 Å². The van der Waals surface area contributed by atoms with Crippen LogP contribution >= 0.6 is 15.9 Å². The summed E-state index contributed by atoms with van der Waals surface area (Å²) < 4.78 is 28.8. The highest BCUT2D eigenvalue weighted by Gasteiger charge is 2.19. The maximum atomic E-state index is 12.7. The van der Waals surface area contributed by atoms with Gasteiger partial charge in [-0.25, -0.2) is 8.42 Å². The quantitative estimate of drug-likeness (QED) is 0.868. The Morgan fingerprint density at radius 3 is 2.48 bits per heavy atom. The Morgan fingerprint density at radius 2 is 1.81 bits per heavy atom. The molecule has 0 aromatic heterocycles. The first kappa shape index (κ1) is 16.0. The molecule has 0 saturated carbocycles. The van der Waals surface area contributed by atoms with Crippen LogP contribution in [0, 0.1) is 13.8 Å². The minimum absolute atomic E-state index is 0.294. The molecule has 0 fully saturated rings. The van der Waals surface area contributed by atoms with Crippen molar-refractivity contribution in [2.45, 2.75) is 32.1 Å². The fraction of sp³-hybridized carbons (Fsp3) is 0.250. The molecule has 0 atom stereocenters. The highest BCUT2D eigenvalue weighted by Crippen LogP contribution is 2.27. The van der Waals surface area contributed by atoms with Crippen molar-refractivity contribution in [3.8, 4) is 0 Å². The number of para-hydroxylation sites is 1. The van der Waals surface area contributed by atoms with Crippen LogP contribution in [0.1, 0.15) is 23.6 Å². The Hall–Kier alpha value is -1.33. The topological polar surface area (TPSA) is 46.2 Å². The van der Waals surface area contributed by atoms with Gasteiger partial charge in [-0.05, 0) is 49.1 Å². The van der Waals surface area contributed by atoms with E-state index in [9.17, 15) is 8.42 Å². The second kappa shape index (κ2) is 6.20. The largest absolute Gasteiger partial charge is 0.279 e. The molecule has 2 aromatic carbocycles. The van der Waals surface area contributed by atoms with Gasteiger partial charge in [-0.3, -0.25) is 4.72 Å². The van der Waals surface area contributed by atoms with Crippen LogP contribution in [0.15, 0.2) is 45.8 Å². The molecule has 0 heterocycles. The predicted octanol–water partition coefficient (Wildman–Crippen LogP) is 4.43. The van der Waals surface area contributed by atoms with Crippen molar-refractivity contribution >= 4 is 31.6 Å². The summed E-state index contributed by atoms with van der Waals surface area (Å²) in [7, 11) is -3.60. The van der Waals surface area contributed by atoms with Gasteiger partial charge in [0.25, 0.3) is 10.0 Å². The van der Waals surface area contributed by atoms with Crippen LogP contribution in [-0.4, -0.2) is 8.42 Å². The molecular weight excluding hydrogens is 350 g/mol. The summed E-state index contributed by atoms with van der Waals surface area (Å²) in [5.41, 5.74) is 3.31. The van der Waals surface area contributed by atoms with E-state index in [2.05, 4.69) is 20.7 Å². The molecule has 0 saturated heterocycles. The lowest BCUT2D eigenvalue weighted by molar-refractivity contribution is 0.600. The Bertz CT molecular complexity index is 770. The third-order valence-corrected chi connectivity index (χ3v) is 5.40. The lowest BCUT2D eigenvalue weighted by Gasteiger charge is -2.15. The summed E-state index contributed by atoms with van der Waals surface area (Å²) in [6.45, 7) is 5.71. The molecule has 2 aromatic rings. The van der Waals surface area contributed by atoms with E-state index in [4.69, 9.17) is 0 Å². The zero-order valence-electron chi connectivity index (χ0n) is 12.3. The molecule has 0 spiro atoms. The average molecular weight is 368 g/mol. The fourth-order valence-corrected chi connectivity index (χ4v) is 4.18. The molecule has 0 radical (unpaired) electrons. The number of sulfonamides is 1. The molecule has 0 unspecified atom stereocenters. The van der Waals surface area contributed by atoms with E-state index in [1.165, 1.54) is 0 Å². The molecule has 0 aliphatic carbocycles. The van der Waals surface area contributed by atoms with Crippen LogP contribution < -0.4 is 4.72 Å². The number of rotatable bonds is 4. The normalized spacial score (nSPS) is 11.4. The van der Waals surface area contributed by atoms with Crippen molar-refractivity contribution in [2.24, 2.45) is 0 Å². The van der Waals surface area contributed by atoms with Crippen LogP contribution in [0.4, 0.5) is 5.69 Å². The SMILES string of the molecule is CCc1cccc(C)c1NS(=O)(=O)c1cc(Br)ccc1C. The van der Waals surface area contributed by atoms with Gasteiger partial charge in [0.15, 0.2) is 0 Å². The highest BCUT2D eigenvalue weighted by molar-refractivity contribution is 9.10. The van der Waals surface area contributed by atoms with Crippen molar-refractivity contribution in [2.75, 3.05) is 4.72 Å². The third kappa shape index (κ3) is 3.47. The summed E-state index contributed by atoms with van der Waals surface area (Å²) in [6, 6.07) is 11.0. The monoisotopic (exact) mass is 367 g/mol. The third-order valence-electron chi connectivity index (χ3n) is 3.42. The fourth-order valence-electron chi connectivity index (χ4n) is 2.22. The van der Waals surface area contributed by atoms with Gasteiger partial charge in [-0.1, -0.05) is 47.1 Å². The number of halogens is 1. The molecule has 0 amide bonds. The van der Waals surface area contributed by atoms with Gasteiger partial charge >= 0.3 is 0 Å². The summed E-state index contributed by atoms with van der Waals surface area (Å²) in [6.07, 6.45) is 0.775. The number of hydrogen-bond acceptors (Lipinski definition) is 2. The summed E-state index contributed by atoms with van der Waals surface area (Å²) in [5, 5.41) is 0. The van der Waals surface area contributed by atoms with E-state index in [1.54, 1.807) is 19.1 Å². The van der Waals surface area contributed by atoms with Crippen molar-refractivity contribution in [1.29, 1.82) is 0 Å². The molecule has 112 valence electrons. The van der Waals surface area contributed by atoms with E-state index >= 15 is 0 Å². The number of nitrogens with one attached hydrogen (secondary N) is 1. The van der Waals surface area contributed by atoms with Crippen LogP contribution in [-0.2, 0) is 16.4 Å². The summed E-state index contributed by atoms with van der Waals surface area (Å²) >= 11 is 3.32. The number of anilines is 1. The predicted molar refractivity (Wildman–Crippen MR) is 90.2 cm³/mol. The van der Waals surface area contributed by atoms with E-state index in [0.717, 1.165) is 27.6 Å². The van der Waals surface area contributed by atoms with Crippen LogP contribution in [0.25, 0.3) is 0 Å². The number of benzene rings is 2. The average Bonchev–Trinajstić information content (AvgIpc) is 2.43. The molecule has 2 rings (SSSR count). The molecule has 5 heteroatoms. The second-order valence-corrected chi connectivity index (χ2v) is 7.54. The van der Waals surface area contributed by atoms with Gasteiger partial charge in [-0.15, -0.1) is 0 Å². The van der Waals surface area contributed by atoms with Gasteiger partial charge in [0.05, 0.1) is 10.6 Å². The molecular formula is C16H18BrNO2S. The van der Waals surface area contributed by atoms with Crippen molar-refractivity contribution in [3.63, 3.8) is 0 Å². The van der Waals surface area contributed by atoms with E-state index in [0.29, 0.717) is 10.6 Å². The Labute approximate surface area is 134 Å². The summed E-state index contributed by atoms with van der Waals surface area (Å²) in [5.74, 6) is 0. The Morgan fingerprint density at radius 1 is 1.10 bits per heavy atom. The van der Waals surface area contributed by atoms with Crippen molar-refractivity contribution in [3.05, 3.63) is 57.6 Å². The highest BCUT2D eigenvalue weighted by atomic mass is 79.9. The Balaban J connectivity index is 2.50. The molecule has 21 heavy (non-hydrogen) atoms. The molecule has 0 bridgehead atoms. The lowest BCUT2D eigenvalue weighted by atomic mass is 10.1. The summed E-state index contributed by atoms with van der Waals surface area (Å²) in [4.78, 5) is 0.294.